The Morgan fingerprint density at radius 3 is 2.57 bits per heavy atom. The molecule has 3 N–H and O–H groups in total. The van der Waals surface area contributed by atoms with E-state index in [1.54, 1.807) is 18.3 Å². The number of nitrogens with one attached hydrogen (secondary N) is 3. The Bertz CT molecular complexity index is 674. The van der Waals surface area contributed by atoms with Crippen LogP contribution in [0.5, 0.6) is 0 Å². The van der Waals surface area contributed by atoms with Crippen LogP contribution in [0.1, 0.15) is 48.0 Å². The Morgan fingerprint density at radius 1 is 1.18 bits per heavy atom. The van der Waals surface area contributed by atoms with Crippen molar-refractivity contribution in [1.29, 1.82) is 0 Å². The molecule has 1 aliphatic carbocycles. The third kappa shape index (κ3) is 7.75. The van der Waals surface area contributed by atoms with Gasteiger partial charge in [0.25, 0.3) is 5.91 Å². The highest BCUT2D eigenvalue weighted by Gasteiger charge is 2.28. The second-order valence-electron chi connectivity index (χ2n) is 6.84. The lowest BCUT2D eigenvalue weighted by molar-refractivity contribution is -0.123. The van der Waals surface area contributed by atoms with Gasteiger partial charge in [0.2, 0.25) is 0 Å². The number of anilines is 1. The Balaban J connectivity index is 1.76. The topological polar surface area (TPSA) is 79.5 Å². The molecule has 156 valence electrons. The van der Waals surface area contributed by atoms with Crippen molar-refractivity contribution in [2.45, 2.75) is 51.3 Å². The third-order valence-electron chi connectivity index (χ3n) is 4.46. The van der Waals surface area contributed by atoms with E-state index >= 15 is 0 Å². The van der Waals surface area contributed by atoms with E-state index in [1.807, 2.05) is 0 Å². The molecule has 2 rings (SSSR count). The number of hydrogen-bond acceptors (Lipinski definition) is 3. The molecule has 28 heavy (non-hydrogen) atoms. The van der Waals surface area contributed by atoms with Gasteiger partial charge in [0, 0.05) is 24.4 Å². The molecule has 0 aromatic heterocycles. The van der Waals surface area contributed by atoms with E-state index in [9.17, 15) is 22.8 Å². The highest BCUT2D eigenvalue weighted by atomic mass is 19.4. The number of aryl methyl sites for hydroxylation is 1. The van der Waals surface area contributed by atoms with Crippen LogP contribution in [-0.4, -0.2) is 43.9 Å². The summed E-state index contributed by atoms with van der Waals surface area (Å²) in [4.78, 5) is 23.9. The summed E-state index contributed by atoms with van der Waals surface area (Å²) in [6.45, 7) is 1.33. The summed E-state index contributed by atoms with van der Waals surface area (Å²) in [6, 6.07) is 3.87. The van der Waals surface area contributed by atoms with Crippen molar-refractivity contribution in [1.82, 2.24) is 10.6 Å². The average molecular weight is 401 g/mol. The number of carbonyl (C=O) groups is 2. The Morgan fingerprint density at radius 2 is 1.89 bits per heavy atom. The Labute approximate surface area is 162 Å². The van der Waals surface area contributed by atoms with Gasteiger partial charge in [-0.1, -0.05) is 18.9 Å². The van der Waals surface area contributed by atoms with Crippen LogP contribution in [0.15, 0.2) is 18.2 Å². The van der Waals surface area contributed by atoms with Gasteiger partial charge in [-0.25, -0.2) is 4.79 Å². The van der Waals surface area contributed by atoms with Crippen LogP contribution in [0.4, 0.5) is 23.7 Å². The molecule has 0 radical (unpaired) electrons. The van der Waals surface area contributed by atoms with E-state index in [4.69, 9.17) is 4.74 Å². The van der Waals surface area contributed by atoms with E-state index < -0.39 is 24.7 Å². The standard InChI is InChI=1S/C19H26F3N3O3/c1-13-7-8-14(17(26)24-12-19(20,21)22)11-16(13)25-18(27)23-9-4-10-28-15-5-2-3-6-15/h7-8,11,15H,2-6,9-10,12H2,1H3,(H,24,26)(H2,23,25,27). The zero-order chi connectivity index (χ0) is 20.6. The number of carbonyl (C=O) groups excluding carboxylic acids is 2. The van der Waals surface area contributed by atoms with Crippen molar-refractivity contribution < 1.29 is 27.5 Å². The number of benzene rings is 1. The molecule has 1 saturated carbocycles. The first-order valence-corrected chi connectivity index (χ1v) is 9.36. The van der Waals surface area contributed by atoms with Gasteiger partial charge in [0.15, 0.2) is 0 Å². The molecule has 1 fully saturated rings. The predicted octanol–water partition coefficient (Wildman–Crippen LogP) is 3.76. The fraction of sp³-hybridized carbons (Fsp3) is 0.579. The van der Waals surface area contributed by atoms with E-state index in [-0.39, 0.29) is 5.56 Å². The molecule has 0 aliphatic heterocycles. The lowest BCUT2D eigenvalue weighted by Crippen LogP contribution is -2.34. The average Bonchev–Trinajstić information content (AvgIpc) is 3.14. The Hall–Kier alpha value is -2.29. The van der Waals surface area contributed by atoms with Crippen LogP contribution in [0, 0.1) is 6.92 Å². The summed E-state index contributed by atoms with van der Waals surface area (Å²) in [7, 11) is 0. The number of rotatable bonds is 8. The Kier molecular flexibility index (Phi) is 8.10. The lowest BCUT2D eigenvalue weighted by atomic mass is 10.1. The van der Waals surface area contributed by atoms with Crippen LogP contribution in [0.25, 0.3) is 0 Å². The van der Waals surface area contributed by atoms with E-state index in [0.29, 0.717) is 36.9 Å². The molecule has 9 heteroatoms. The first-order valence-electron chi connectivity index (χ1n) is 9.36. The van der Waals surface area contributed by atoms with E-state index in [0.717, 1.165) is 12.8 Å². The highest BCUT2D eigenvalue weighted by Crippen LogP contribution is 2.21. The number of alkyl halides is 3. The first kappa shape index (κ1) is 22.0. The molecule has 1 aliphatic rings. The van der Waals surface area contributed by atoms with Gasteiger partial charge in [0.1, 0.15) is 6.54 Å². The molecular formula is C19H26F3N3O3. The SMILES string of the molecule is Cc1ccc(C(=O)NCC(F)(F)F)cc1NC(=O)NCCCOC1CCCC1. The smallest absolute Gasteiger partial charge is 0.378 e. The highest BCUT2D eigenvalue weighted by molar-refractivity contribution is 5.97. The van der Waals surface area contributed by atoms with Crippen molar-refractivity contribution in [2.75, 3.05) is 25.0 Å². The molecule has 1 aromatic carbocycles. The van der Waals surface area contributed by atoms with Gasteiger partial charge >= 0.3 is 12.2 Å². The van der Waals surface area contributed by atoms with Crippen LogP contribution in [0.3, 0.4) is 0 Å². The zero-order valence-electron chi connectivity index (χ0n) is 15.8. The molecule has 0 spiro atoms. The monoisotopic (exact) mass is 401 g/mol. The summed E-state index contributed by atoms with van der Waals surface area (Å²) in [5.41, 5.74) is 1.08. The van der Waals surface area contributed by atoms with Gasteiger partial charge in [-0.15, -0.1) is 0 Å². The fourth-order valence-corrected chi connectivity index (χ4v) is 2.93. The maximum absolute atomic E-state index is 12.2. The minimum Gasteiger partial charge on any atom is -0.378 e. The van der Waals surface area contributed by atoms with E-state index in [1.165, 1.54) is 25.0 Å². The van der Waals surface area contributed by atoms with Crippen molar-refractivity contribution in [3.63, 3.8) is 0 Å². The molecule has 0 heterocycles. The molecule has 6 nitrogen and oxygen atoms in total. The largest absolute Gasteiger partial charge is 0.405 e. The van der Waals surface area contributed by atoms with Gasteiger partial charge in [0.05, 0.1) is 6.10 Å². The molecule has 0 saturated heterocycles. The summed E-state index contributed by atoms with van der Waals surface area (Å²) < 4.78 is 42.4. The quantitative estimate of drug-likeness (QED) is 0.581. The maximum atomic E-state index is 12.2. The molecule has 1 aromatic rings. The third-order valence-corrected chi connectivity index (χ3v) is 4.46. The molecular weight excluding hydrogens is 375 g/mol. The van der Waals surface area contributed by atoms with Gasteiger partial charge in [-0.05, 0) is 43.9 Å². The number of halogens is 3. The van der Waals surface area contributed by atoms with Gasteiger partial charge in [-0.2, -0.15) is 13.2 Å². The number of ether oxygens (including phenoxy) is 1. The van der Waals surface area contributed by atoms with Crippen molar-refractivity contribution in [3.05, 3.63) is 29.3 Å². The second-order valence-corrected chi connectivity index (χ2v) is 6.84. The zero-order valence-corrected chi connectivity index (χ0v) is 15.8. The van der Waals surface area contributed by atoms with Gasteiger partial charge < -0.3 is 20.7 Å². The van der Waals surface area contributed by atoms with Gasteiger partial charge in [-0.3, -0.25) is 4.79 Å². The second kappa shape index (κ2) is 10.3. The molecule has 0 bridgehead atoms. The predicted molar refractivity (Wildman–Crippen MR) is 99.4 cm³/mol. The van der Waals surface area contributed by atoms with Crippen LogP contribution in [-0.2, 0) is 4.74 Å². The fourth-order valence-electron chi connectivity index (χ4n) is 2.93. The van der Waals surface area contributed by atoms with Crippen molar-refractivity contribution >= 4 is 17.6 Å². The normalized spacial score (nSPS) is 14.7. The van der Waals surface area contributed by atoms with Crippen LogP contribution in [0.2, 0.25) is 0 Å². The number of hydrogen-bond donors (Lipinski definition) is 3. The van der Waals surface area contributed by atoms with Crippen molar-refractivity contribution in [2.24, 2.45) is 0 Å². The summed E-state index contributed by atoms with van der Waals surface area (Å²) in [5.74, 6) is -0.857. The molecule has 3 amide bonds. The summed E-state index contributed by atoms with van der Waals surface area (Å²) in [5, 5.41) is 7.12. The van der Waals surface area contributed by atoms with Crippen LogP contribution >= 0.6 is 0 Å². The number of amides is 3. The minimum atomic E-state index is -4.48. The minimum absolute atomic E-state index is 0.0371. The molecule has 0 unspecified atom stereocenters. The maximum Gasteiger partial charge on any atom is 0.405 e. The number of urea groups is 1. The van der Waals surface area contributed by atoms with Crippen molar-refractivity contribution in [3.8, 4) is 0 Å². The van der Waals surface area contributed by atoms with Crippen LogP contribution < -0.4 is 16.0 Å². The van der Waals surface area contributed by atoms with E-state index in [2.05, 4.69) is 10.6 Å². The first-order chi connectivity index (χ1) is 13.2. The molecule has 0 atom stereocenters. The summed E-state index contributed by atoms with van der Waals surface area (Å²) in [6.07, 6.45) is 1.14. The lowest BCUT2D eigenvalue weighted by Gasteiger charge is -2.13. The summed E-state index contributed by atoms with van der Waals surface area (Å²) >= 11 is 0.